The molecule has 4 aromatic carbocycles. The minimum absolute atomic E-state index is 0.0232. The highest BCUT2D eigenvalue weighted by atomic mass is 35.5. The summed E-state index contributed by atoms with van der Waals surface area (Å²) in [4.78, 5) is 30.2. The molecule has 0 aliphatic heterocycles. The number of carbonyl (C=O) groups excluding carboxylic acids is 2. The SMILES string of the molecule is COc1ccc(C)cc1N(CC(=O)N(Cc1ccc(Cl)cc1)C(Cc1ccccc1)C(=O)NC(C)(C)C)S(=O)(=O)c1ccc(C)cc1. The van der Waals surface area contributed by atoms with Gasteiger partial charge in [-0.15, -0.1) is 0 Å². The highest BCUT2D eigenvalue weighted by molar-refractivity contribution is 7.92. The number of benzene rings is 4. The number of halogens is 1. The fourth-order valence-electron chi connectivity index (χ4n) is 5.14. The summed E-state index contributed by atoms with van der Waals surface area (Å²) in [6, 6.07) is 27.1. The molecule has 1 unspecified atom stereocenters. The average molecular weight is 676 g/mol. The van der Waals surface area contributed by atoms with E-state index in [9.17, 15) is 18.0 Å². The summed E-state index contributed by atoms with van der Waals surface area (Å²) in [6.07, 6.45) is 0.209. The maximum atomic E-state index is 14.7. The molecule has 0 saturated heterocycles. The second kappa shape index (κ2) is 15.0. The van der Waals surface area contributed by atoms with E-state index in [0.29, 0.717) is 5.02 Å². The van der Waals surface area contributed by atoms with Crippen molar-refractivity contribution in [2.75, 3.05) is 18.0 Å². The third-order valence-corrected chi connectivity index (χ3v) is 9.55. The molecular formula is C37H42ClN3O5S. The van der Waals surface area contributed by atoms with Gasteiger partial charge >= 0.3 is 0 Å². The van der Waals surface area contributed by atoms with Crippen LogP contribution in [0.15, 0.2) is 102 Å². The lowest BCUT2D eigenvalue weighted by atomic mass is 10.0. The number of amides is 2. The first-order chi connectivity index (χ1) is 22.2. The van der Waals surface area contributed by atoms with E-state index in [1.54, 1.807) is 54.6 Å². The third-order valence-electron chi connectivity index (χ3n) is 7.53. The molecular weight excluding hydrogens is 634 g/mol. The highest BCUT2D eigenvalue weighted by Gasteiger charge is 2.36. The van der Waals surface area contributed by atoms with Crippen LogP contribution >= 0.6 is 11.6 Å². The number of rotatable bonds is 12. The number of carbonyl (C=O) groups is 2. The van der Waals surface area contributed by atoms with Gasteiger partial charge in [0.1, 0.15) is 18.3 Å². The summed E-state index contributed by atoms with van der Waals surface area (Å²) < 4.78 is 35.4. The number of methoxy groups -OCH3 is 1. The van der Waals surface area contributed by atoms with Crippen molar-refractivity contribution in [2.45, 2.75) is 64.1 Å². The van der Waals surface area contributed by atoms with Crippen molar-refractivity contribution in [3.05, 3.63) is 124 Å². The smallest absolute Gasteiger partial charge is 0.264 e. The summed E-state index contributed by atoms with van der Waals surface area (Å²) in [5, 5.41) is 3.56. The van der Waals surface area contributed by atoms with Crippen molar-refractivity contribution in [3.8, 4) is 5.75 Å². The Labute approximate surface area is 283 Å². The molecule has 0 aliphatic rings. The van der Waals surface area contributed by atoms with Crippen LogP contribution in [0, 0.1) is 13.8 Å². The molecule has 8 nitrogen and oxygen atoms in total. The Hall–Kier alpha value is -4.34. The lowest BCUT2D eigenvalue weighted by Crippen LogP contribution is -2.56. The summed E-state index contributed by atoms with van der Waals surface area (Å²) in [7, 11) is -2.82. The van der Waals surface area contributed by atoms with E-state index in [1.165, 1.54) is 24.1 Å². The van der Waals surface area contributed by atoms with Crippen molar-refractivity contribution in [2.24, 2.45) is 0 Å². The van der Waals surface area contributed by atoms with Crippen LogP contribution in [0.3, 0.4) is 0 Å². The number of nitrogens with one attached hydrogen (secondary N) is 1. The number of ether oxygens (including phenoxy) is 1. The van der Waals surface area contributed by atoms with Crippen LogP contribution in [-0.4, -0.2) is 50.4 Å². The Morgan fingerprint density at radius 2 is 1.47 bits per heavy atom. The van der Waals surface area contributed by atoms with E-state index < -0.39 is 34.1 Å². The van der Waals surface area contributed by atoms with Gasteiger partial charge in [0.25, 0.3) is 10.0 Å². The zero-order valence-corrected chi connectivity index (χ0v) is 29.2. The molecule has 47 heavy (non-hydrogen) atoms. The van der Waals surface area contributed by atoms with Gasteiger partial charge in [0.05, 0.1) is 17.7 Å². The van der Waals surface area contributed by atoms with E-state index in [4.69, 9.17) is 16.3 Å². The Morgan fingerprint density at radius 1 is 0.851 bits per heavy atom. The van der Waals surface area contributed by atoms with Crippen molar-refractivity contribution in [1.29, 1.82) is 0 Å². The molecule has 4 aromatic rings. The quantitative estimate of drug-likeness (QED) is 0.180. The first-order valence-corrected chi connectivity index (χ1v) is 17.1. The summed E-state index contributed by atoms with van der Waals surface area (Å²) in [5.41, 5.74) is 2.87. The van der Waals surface area contributed by atoms with E-state index >= 15 is 0 Å². The van der Waals surface area contributed by atoms with Crippen molar-refractivity contribution < 1.29 is 22.7 Å². The predicted molar refractivity (Wildman–Crippen MR) is 187 cm³/mol. The first kappa shape index (κ1) is 35.5. The predicted octanol–water partition coefficient (Wildman–Crippen LogP) is 6.72. The molecule has 2 amide bonds. The van der Waals surface area contributed by atoms with E-state index in [2.05, 4.69) is 5.32 Å². The fraction of sp³-hybridized carbons (Fsp3) is 0.297. The number of aryl methyl sites for hydroxylation is 2. The zero-order valence-electron chi connectivity index (χ0n) is 27.7. The molecule has 0 bridgehead atoms. The molecule has 0 heterocycles. The standard InChI is InChI=1S/C37H42ClN3O5S/c1-26-12-19-31(20-13-26)47(44,45)41(32-22-27(2)14-21-34(32)46-6)25-35(42)40(24-29-15-17-30(38)18-16-29)33(36(43)39-37(3,4)5)23-28-10-8-7-9-11-28/h7-22,33H,23-25H2,1-6H3,(H,39,43). The monoisotopic (exact) mass is 675 g/mol. The molecule has 1 N–H and O–H groups in total. The summed E-state index contributed by atoms with van der Waals surface area (Å²) in [6.45, 7) is 8.76. The number of nitrogens with zero attached hydrogens (tertiary/aromatic N) is 2. The van der Waals surface area contributed by atoms with Crippen LogP contribution in [0.2, 0.25) is 5.02 Å². The van der Waals surface area contributed by atoms with Crippen molar-refractivity contribution in [3.63, 3.8) is 0 Å². The Morgan fingerprint density at radius 3 is 2.06 bits per heavy atom. The normalized spacial score (nSPS) is 12.2. The molecule has 0 spiro atoms. The van der Waals surface area contributed by atoms with E-state index in [-0.39, 0.29) is 35.2 Å². The molecule has 0 radical (unpaired) electrons. The zero-order chi connectivity index (χ0) is 34.4. The van der Waals surface area contributed by atoms with Crippen LogP contribution in [0.5, 0.6) is 5.75 Å². The van der Waals surface area contributed by atoms with Gasteiger partial charge in [0.2, 0.25) is 11.8 Å². The maximum absolute atomic E-state index is 14.7. The van der Waals surface area contributed by atoms with Gasteiger partial charge in [-0.25, -0.2) is 8.42 Å². The number of hydrogen-bond donors (Lipinski definition) is 1. The number of sulfonamides is 1. The lowest BCUT2D eigenvalue weighted by Gasteiger charge is -2.35. The van der Waals surface area contributed by atoms with Crippen LogP contribution in [0.1, 0.15) is 43.0 Å². The van der Waals surface area contributed by atoms with E-state index in [0.717, 1.165) is 26.6 Å². The Bertz CT molecular complexity index is 1790. The van der Waals surface area contributed by atoms with Gasteiger partial charge in [-0.2, -0.15) is 0 Å². The molecule has 0 fully saturated rings. The second-order valence-corrected chi connectivity index (χ2v) is 14.9. The molecule has 248 valence electrons. The van der Waals surface area contributed by atoms with Gasteiger partial charge < -0.3 is 15.0 Å². The Balaban J connectivity index is 1.86. The molecule has 10 heteroatoms. The van der Waals surface area contributed by atoms with Crippen LogP contribution in [0.25, 0.3) is 0 Å². The maximum Gasteiger partial charge on any atom is 0.264 e. The molecule has 0 aromatic heterocycles. The summed E-state index contributed by atoms with van der Waals surface area (Å²) in [5.74, 6) is -0.636. The fourth-order valence-corrected chi connectivity index (χ4v) is 6.68. The first-order valence-electron chi connectivity index (χ1n) is 15.3. The minimum atomic E-state index is -4.27. The van der Waals surface area contributed by atoms with Gasteiger partial charge in [-0.1, -0.05) is 77.8 Å². The van der Waals surface area contributed by atoms with Crippen molar-refractivity contribution in [1.82, 2.24) is 10.2 Å². The molecule has 0 saturated carbocycles. The van der Waals surface area contributed by atoms with Gasteiger partial charge in [-0.3, -0.25) is 13.9 Å². The van der Waals surface area contributed by atoms with Crippen molar-refractivity contribution >= 4 is 39.1 Å². The molecule has 4 rings (SSSR count). The largest absolute Gasteiger partial charge is 0.495 e. The highest BCUT2D eigenvalue weighted by Crippen LogP contribution is 2.34. The van der Waals surface area contributed by atoms with Crippen LogP contribution in [-0.2, 0) is 32.6 Å². The van der Waals surface area contributed by atoms with Crippen LogP contribution < -0.4 is 14.4 Å². The molecule has 0 aliphatic carbocycles. The lowest BCUT2D eigenvalue weighted by molar-refractivity contribution is -0.140. The Kier molecular flexibility index (Phi) is 11.4. The average Bonchev–Trinajstić information content (AvgIpc) is 3.02. The summed E-state index contributed by atoms with van der Waals surface area (Å²) >= 11 is 6.17. The molecule has 1 atom stereocenters. The second-order valence-electron chi connectivity index (χ2n) is 12.6. The van der Waals surface area contributed by atoms with Gasteiger partial charge in [-0.05, 0) is 87.7 Å². The minimum Gasteiger partial charge on any atom is -0.495 e. The topological polar surface area (TPSA) is 96.0 Å². The third kappa shape index (κ3) is 9.36. The number of hydrogen-bond acceptors (Lipinski definition) is 5. The van der Waals surface area contributed by atoms with Gasteiger partial charge in [0, 0.05) is 23.5 Å². The number of anilines is 1. The van der Waals surface area contributed by atoms with Crippen LogP contribution in [0.4, 0.5) is 5.69 Å². The van der Waals surface area contributed by atoms with Gasteiger partial charge in [0.15, 0.2) is 0 Å². The van der Waals surface area contributed by atoms with E-state index in [1.807, 2.05) is 65.0 Å².